The molecule has 0 amide bonds. The van der Waals surface area contributed by atoms with E-state index in [1.54, 1.807) is 0 Å². The predicted octanol–water partition coefficient (Wildman–Crippen LogP) is -0.435. The molecule has 3 rings (SSSR count). The summed E-state index contributed by atoms with van der Waals surface area (Å²) in [6.07, 6.45) is 0.133. The minimum Gasteiger partial charge on any atom is -0.463 e. The molecule has 5 atom stereocenters. The van der Waals surface area contributed by atoms with E-state index in [0.29, 0.717) is 0 Å². The molecule has 0 spiro atoms. The average molecular weight is 338 g/mol. The van der Waals surface area contributed by atoms with Gasteiger partial charge < -0.3 is 14.2 Å². The first kappa shape index (κ1) is 16.4. The molecule has 0 bridgehead atoms. The third-order valence-corrected chi connectivity index (χ3v) is 4.26. The van der Waals surface area contributed by atoms with Gasteiger partial charge in [0.25, 0.3) is 5.56 Å². The van der Waals surface area contributed by atoms with Crippen LogP contribution in [0.15, 0.2) is 21.9 Å². The van der Waals surface area contributed by atoms with Gasteiger partial charge in [-0.25, -0.2) is 4.79 Å². The molecule has 0 radical (unpaired) electrons. The molecule has 1 aliphatic carbocycles. The Morgan fingerprint density at radius 2 is 2.04 bits per heavy atom. The van der Waals surface area contributed by atoms with Crippen LogP contribution < -0.4 is 11.2 Å². The number of carbonyl (C=O) groups is 2. The summed E-state index contributed by atoms with van der Waals surface area (Å²) in [5.41, 5.74) is -1.19. The lowest BCUT2D eigenvalue weighted by Gasteiger charge is -2.35. The van der Waals surface area contributed by atoms with Crippen LogP contribution >= 0.6 is 0 Å². The molecule has 1 aromatic rings. The Bertz CT molecular complexity index is 768. The standard InChI is InChI=1S/C15H18N2O7/c1-7(18)22-6-11-9-5-10(9)13(23-8(2)19)14(24-11)17-4-3-12(20)16-15(17)21/h3-4,9-11,13-14H,5-6H2,1-2H3,(H,16,20,21)/t9?,10?,11-,13?,14-/m1/s1. The quantitative estimate of drug-likeness (QED) is 0.740. The number of hydrogen-bond donors (Lipinski definition) is 1. The van der Waals surface area contributed by atoms with Crippen molar-refractivity contribution in [2.24, 2.45) is 11.8 Å². The van der Waals surface area contributed by atoms with Gasteiger partial charge >= 0.3 is 17.6 Å². The summed E-state index contributed by atoms with van der Waals surface area (Å²) < 4.78 is 17.4. The summed E-state index contributed by atoms with van der Waals surface area (Å²) in [7, 11) is 0. The predicted molar refractivity (Wildman–Crippen MR) is 79.0 cm³/mol. The highest BCUT2D eigenvalue weighted by molar-refractivity contribution is 5.66. The van der Waals surface area contributed by atoms with E-state index in [1.165, 1.54) is 30.7 Å². The lowest BCUT2D eigenvalue weighted by molar-refractivity contribution is -0.198. The molecule has 1 saturated heterocycles. The number of esters is 2. The zero-order chi connectivity index (χ0) is 17.4. The number of ether oxygens (including phenoxy) is 3. The van der Waals surface area contributed by atoms with Gasteiger partial charge in [0.15, 0.2) is 12.3 Å². The van der Waals surface area contributed by atoms with Crippen molar-refractivity contribution in [1.29, 1.82) is 0 Å². The second kappa shape index (κ2) is 6.23. The molecule has 3 unspecified atom stereocenters. The fraction of sp³-hybridized carbons (Fsp3) is 0.600. The van der Waals surface area contributed by atoms with E-state index < -0.39 is 41.6 Å². The van der Waals surface area contributed by atoms with Crippen molar-refractivity contribution < 1.29 is 23.8 Å². The maximum atomic E-state index is 12.1. The maximum Gasteiger partial charge on any atom is 0.330 e. The number of rotatable bonds is 4. The lowest BCUT2D eigenvalue weighted by Crippen LogP contribution is -2.46. The highest BCUT2D eigenvalue weighted by Crippen LogP contribution is 2.53. The van der Waals surface area contributed by atoms with Gasteiger partial charge in [0.05, 0.1) is 6.10 Å². The number of aromatic amines is 1. The fourth-order valence-electron chi connectivity index (χ4n) is 3.16. The molecule has 2 fully saturated rings. The summed E-state index contributed by atoms with van der Waals surface area (Å²) in [6.45, 7) is 2.66. The molecule has 2 aliphatic rings. The number of carbonyl (C=O) groups excluding carboxylic acids is 2. The number of H-pyrrole nitrogens is 1. The Kier molecular flexibility index (Phi) is 4.27. The van der Waals surface area contributed by atoms with Crippen LogP contribution in [0.1, 0.15) is 26.5 Å². The third-order valence-electron chi connectivity index (χ3n) is 4.26. The van der Waals surface area contributed by atoms with Gasteiger partial charge in [-0.2, -0.15) is 0 Å². The van der Waals surface area contributed by atoms with Crippen molar-refractivity contribution in [2.45, 2.75) is 38.7 Å². The molecule has 1 aliphatic heterocycles. The Morgan fingerprint density at radius 1 is 1.29 bits per heavy atom. The first-order valence-electron chi connectivity index (χ1n) is 7.64. The molecule has 2 heterocycles. The topological polar surface area (TPSA) is 117 Å². The largest absolute Gasteiger partial charge is 0.463 e. The zero-order valence-corrected chi connectivity index (χ0v) is 13.3. The van der Waals surface area contributed by atoms with Crippen LogP contribution in [-0.4, -0.2) is 40.3 Å². The smallest absolute Gasteiger partial charge is 0.330 e. The second-order valence-corrected chi connectivity index (χ2v) is 6.02. The Hall–Kier alpha value is -2.42. The third kappa shape index (κ3) is 3.25. The monoisotopic (exact) mass is 338 g/mol. The molecule has 24 heavy (non-hydrogen) atoms. The van der Waals surface area contributed by atoms with Crippen LogP contribution in [0.3, 0.4) is 0 Å². The van der Waals surface area contributed by atoms with E-state index in [0.717, 1.165) is 6.42 Å². The van der Waals surface area contributed by atoms with E-state index in [1.807, 2.05) is 0 Å². The number of nitrogens with one attached hydrogen (secondary N) is 1. The fourth-order valence-corrected chi connectivity index (χ4v) is 3.16. The first-order chi connectivity index (χ1) is 11.4. The Labute approximate surface area is 136 Å². The normalized spacial score (nSPS) is 31.0. The van der Waals surface area contributed by atoms with Crippen molar-refractivity contribution in [2.75, 3.05) is 6.61 Å². The molecule has 0 aromatic carbocycles. The maximum absolute atomic E-state index is 12.1. The van der Waals surface area contributed by atoms with Crippen molar-refractivity contribution in [3.63, 3.8) is 0 Å². The van der Waals surface area contributed by atoms with E-state index >= 15 is 0 Å². The minimum absolute atomic E-state index is 0.0204. The SMILES string of the molecule is CC(=O)OC[C@H]1O[C@@H](n2ccc(=O)[nH]c2=O)C(OC(C)=O)C2CC21. The van der Waals surface area contributed by atoms with Gasteiger partial charge in [-0.15, -0.1) is 0 Å². The summed E-state index contributed by atoms with van der Waals surface area (Å²) in [4.78, 5) is 47.9. The van der Waals surface area contributed by atoms with Gasteiger partial charge in [0, 0.05) is 32.0 Å². The van der Waals surface area contributed by atoms with Crippen molar-refractivity contribution >= 4 is 11.9 Å². The van der Waals surface area contributed by atoms with Crippen molar-refractivity contribution in [1.82, 2.24) is 9.55 Å². The Balaban J connectivity index is 1.88. The summed E-state index contributed by atoms with van der Waals surface area (Å²) in [5.74, 6) is -0.777. The number of aromatic nitrogens is 2. The summed E-state index contributed by atoms with van der Waals surface area (Å²) in [6, 6.07) is 1.19. The molecule has 9 heteroatoms. The molecule has 1 N–H and O–H groups in total. The zero-order valence-electron chi connectivity index (χ0n) is 13.3. The molecule has 130 valence electrons. The van der Waals surface area contributed by atoms with E-state index in [4.69, 9.17) is 14.2 Å². The molecule has 9 nitrogen and oxygen atoms in total. The lowest BCUT2D eigenvalue weighted by atomic mass is 10.0. The summed E-state index contributed by atoms with van der Waals surface area (Å²) >= 11 is 0. The van der Waals surface area contributed by atoms with Crippen LogP contribution in [0, 0.1) is 11.8 Å². The molecule has 1 saturated carbocycles. The highest BCUT2D eigenvalue weighted by atomic mass is 16.6. The van der Waals surface area contributed by atoms with Gasteiger partial charge in [0.1, 0.15) is 6.61 Å². The van der Waals surface area contributed by atoms with Gasteiger partial charge in [-0.05, 0) is 12.3 Å². The van der Waals surface area contributed by atoms with Gasteiger partial charge in [-0.1, -0.05) is 0 Å². The minimum atomic E-state index is -0.887. The number of hydrogen-bond acceptors (Lipinski definition) is 7. The van der Waals surface area contributed by atoms with Crippen molar-refractivity contribution in [3.8, 4) is 0 Å². The van der Waals surface area contributed by atoms with E-state index in [2.05, 4.69) is 4.98 Å². The number of fused-ring (bicyclic) bond motifs is 1. The molecular weight excluding hydrogens is 320 g/mol. The van der Waals surface area contributed by atoms with Crippen LogP contribution in [-0.2, 0) is 23.8 Å². The second-order valence-electron chi connectivity index (χ2n) is 6.02. The van der Waals surface area contributed by atoms with E-state index in [9.17, 15) is 19.2 Å². The summed E-state index contributed by atoms with van der Waals surface area (Å²) in [5, 5.41) is 0. The van der Waals surface area contributed by atoms with Crippen LogP contribution in [0.4, 0.5) is 0 Å². The van der Waals surface area contributed by atoms with Gasteiger partial charge in [0.2, 0.25) is 0 Å². The van der Waals surface area contributed by atoms with Gasteiger partial charge in [-0.3, -0.25) is 23.9 Å². The highest BCUT2D eigenvalue weighted by Gasteiger charge is 2.58. The van der Waals surface area contributed by atoms with Crippen LogP contribution in [0.2, 0.25) is 0 Å². The Morgan fingerprint density at radius 3 is 2.67 bits per heavy atom. The van der Waals surface area contributed by atoms with Crippen LogP contribution in [0.25, 0.3) is 0 Å². The molecule has 1 aromatic heterocycles. The van der Waals surface area contributed by atoms with Crippen molar-refractivity contribution in [3.05, 3.63) is 33.1 Å². The van der Waals surface area contributed by atoms with E-state index in [-0.39, 0.29) is 18.4 Å². The first-order valence-corrected chi connectivity index (χ1v) is 7.64. The molecular formula is C15H18N2O7. The number of nitrogens with zero attached hydrogens (tertiary/aromatic N) is 1. The van der Waals surface area contributed by atoms with Crippen LogP contribution in [0.5, 0.6) is 0 Å². The average Bonchev–Trinajstić information content (AvgIpc) is 3.27.